The SMILES string of the molecule is c1ccc(-c2ccccc2N(c2ccc(-c3cccc4ccccc34)cc2)c2ccc3c(c2)C2(c4ccccc4)c4ccccc4-c4cccc5ccc-3c2c45)cc1. The number of para-hydroxylation sites is 1. The Balaban J connectivity index is 1.13. The van der Waals surface area contributed by atoms with Crippen LogP contribution in [-0.4, -0.2) is 0 Å². The van der Waals surface area contributed by atoms with Gasteiger partial charge >= 0.3 is 0 Å². The Morgan fingerprint density at radius 2 is 0.914 bits per heavy atom. The van der Waals surface area contributed by atoms with Crippen molar-refractivity contribution in [2.75, 3.05) is 4.90 Å². The second kappa shape index (κ2) is 12.8. The summed E-state index contributed by atoms with van der Waals surface area (Å²) in [6, 6.07) is 83.1. The van der Waals surface area contributed by atoms with Gasteiger partial charge in [-0.3, -0.25) is 0 Å². The summed E-state index contributed by atoms with van der Waals surface area (Å²) in [6.07, 6.45) is 0. The lowest BCUT2D eigenvalue weighted by Gasteiger charge is -2.40. The zero-order valence-corrected chi connectivity index (χ0v) is 31.8. The highest BCUT2D eigenvalue weighted by Crippen LogP contribution is 2.63. The molecule has 2 aliphatic carbocycles. The molecule has 0 bridgehead atoms. The predicted molar refractivity (Wildman–Crippen MR) is 243 cm³/mol. The summed E-state index contributed by atoms with van der Waals surface area (Å²) >= 11 is 0. The maximum Gasteiger partial charge on any atom is 0.0726 e. The molecule has 1 unspecified atom stereocenters. The molecular formula is C57H37N. The summed E-state index contributed by atoms with van der Waals surface area (Å²) in [5.41, 5.74) is 18.2. The molecule has 0 aliphatic heterocycles. The lowest BCUT2D eigenvalue weighted by Crippen LogP contribution is -2.31. The minimum Gasteiger partial charge on any atom is -0.310 e. The van der Waals surface area contributed by atoms with Crippen LogP contribution in [0.5, 0.6) is 0 Å². The van der Waals surface area contributed by atoms with Crippen molar-refractivity contribution < 1.29 is 0 Å². The van der Waals surface area contributed by atoms with Crippen LogP contribution in [0.1, 0.15) is 22.3 Å². The molecule has 2 aliphatic rings. The molecule has 0 fully saturated rings. The van der Waals surface area contributed by atoms with Crippen LogP contribution < -0.4 is 4.90 Å². The van der Waals surface area contributed by atoms with E-state index in [-0.39, 0.29) is 0 Å². The molecule has 0 spiro atoms. The molecule has 270 valence electrons. The highest BCUT2D eigenvalue weighted by Gasteiger charge is 2.50. The molecule has 1 atom stereocenters. The minimum atomic E-state index is -0.505. The molecule has 1 nitrogen and oxygen atoms in total. The molecule has 0 amide bonds. The van der Waals surface area contributed by atoms with E-state index in [0.29, 0.717) is 0 Å². The third-order valence-electron chi connectivity index (χ3n) is 12.7. The largest absolute Gasteiger partial charge is 0.310 e. The van der Waals surface area contributed by atoms with Crippen molar-refractivity contribution in [2.24, 2.45) is 0 Å². The van der Waals surface area contributed by atoms with Gasteiger partial charge in [0.2, 0.25) is 0 Å². The first-order valence-corrected chi connectivity index (χ1v) is 20.2. The average molecular weight is 736 g/mol. The van der Waals surface area contributed by atoms with Crippen molar-refractivity contribution in [2.45, 2.75) is 5.41 Å². The van der Waals surface area contributed by atoms with Crippen LogP contribution in [0.4, 0.5) is 17.1 Å². The Kier molecular flexibility index (Phi) is 7.21. The number of hydrogen-bond donors (Lipinski definition) is 0. The highest BCUT2D eigenvalue weighted by atomic mass is 15.1. The maximum atomic E-state index is 2.50. The molecule has 1 heteroatoms. The van der Waals surface area contributed by atoms with Gasteiger partial charge in [-0.15, -0.1) is 0 Å². The van der Waals surface area contributed by atoms with Crippen LogP contribution in [0, 0.1) is 0 Å². The Morgan fingerprint density at radius 1 is 0.328 bits per heavy atom. The number of nitrogens with zero attached hydrogens (tertiary/aromatic N) is 1. The van der Waals surface area contributed by atoms with Gasteiger partial charge in [0.25, 0.3) is 0 Å². The maximum absolute atomic E-state index is 2.50. The van der Waals surface area contributed by atoms with Gasteiger partial charge in [0.15, 0.2) is 0 Å². The Hall–Kier alpha value is -7.48. The molecule has 10 aromatic carbocycles. The summed E-state index contributed by atoms with van der Waals surface area (Å²) in [6.45, 7) is 0. The third kappa shape index (κ3) is 4.65. The van der Waals surface area contributed by atoms with Crippen LogP contribution in [-0.2, 0) is 5.41 Å². The van der Waals surface area contributed by atoms with Gasteiger partial charge in [-0.1, -0.05) is 194 Å². The zero-order chi connectivity index (χ0) is 38.2. The second-order valence-electron chi connectivity index (χ2n) is 15.6. The van der Waals surface area contributed by atoms with Crippen molar-refractivity contribution in [3.63, 3.8) is 0 Å². The fraction of sp³-hybridized carbons (Fsp3) is 0.0175. The molecular weight excluding hydrogens is 699 g/mol. The van der Waals surface area contributed by atoms with E-state index in [9.17, 15) is 0 Å². The number of fused-ring (bicyclic) bond motifs is 7. The molecule has 0 aromatic heterocycles. The smallest absolute Gasteiger partial charge is 0.0726 e. The van der Waals surface area contributed by atoms with Crippen molar-refractivity contribution in [3.05, 3.63) is 247 Å². The van der Waals surface area contributed by atoms with Gasteiger partial charge in [0, 0.05) is 16.9 Å². The number of rotatable bonds is 6. The average Bonchev–Trinajstić information content (AvgIpc) is 3.61. The molecule has 10 aromatic rings. The van der Waals surface area contributed by atoms with Crippen LogP contribution >= 0.6 is 0 Å². The van der Waals surface area contributed by atoms with E-state index < -0.39 is 5.41 Å². The van der Waals surface area contributed by atoms with Crippen LogP contribution in [0.25, 0.3) is 66.1 Å². The van der Waals surface area contributed by atoms with Gasteiger partial charge in [-0.05, 0) is 113 Å². The molecule has 0 N–H and O–H groups in total. The topological polar surface area (TPSA) is 3.24 Å². The van der Waals surface area contributed by atoms with Gasteiger partial charge in [0.1, 0.15) is 0 Å². The van der Waals surface area contributed by atoms with Crippen LogP contribution in [0.3, 0.4) is 0 Å². The van der Waals surface area contributed by atoms with Crippen LogP contribution in [0.15, 0.2) is 224 Å². The Labute approximate surface area is 338 Å². The normalized spacial score (nSPS) is 14.6. The Morgan fingerprint density at radius 3 is 1.76 bits per heavy atom. The molecule has 0 saturated heterocycles. The van der Waals surface area contributed by atoms with E-state index in [4.69, 9.17) is 0 Å². The van der Waals surface area contributed by atoms with E-state index in [1.807, 2.05) is 0 Å². The van der Waals surface area contributed by atoms with E-state index in [1.165, 1.54) is 88.3 Å². The van der Waals surface area contributed by atoms with Gasteiger partial charge < -0.3 is 4.90 Å². The molecule has 58 heavy (non-hydrogen) atoms. The van der Waals surface area contributed by atoms with E-state index in [1.54, 1.807) is 0 Å². The first kappa shape index (κ1) is 32.7. The minimum absolute atomic E-state index is 0.505. The molecule has 0 radical (unpaired) electrons. The lowest BCUT2D eigenvalue weighted by molar-refractivity contribution is 0.773. The zero-order valence-electron chi connectivity index (χ0n) is 31.8. The summed E-state index contributed by atoms with van der Waals surface area (Å²) in [4.78, 5) is 2.47. The first-order valence-electron chi connectivity index (χ1n) is 20.2. The standard InChI is InChI=1S/C57H37N/c1-3-15-39(16-4-1)47-23-10-12-28-54(47)58(43-32-29-40(30-33-43)46-25-13-18-38-17-7-8-22-45(38)46)44-34-36-49-51-35-31-41-19-14-26-50-48-24-9-11-27-52(48)57(53(49)37-44,56(51)55(41)50)42-20-5-2-6-21-42/h1-37H. The van der Waals surface area contributed by atoms with Crippen molar-refractivity contribution in [1.82, 2.24) is 0 Å². The van der Waals surface area contributed by atoms with E-state index >= 15 is 0 Å². The van der Waals surface area contributed by atoms with Crippen molar-refractivity contribution >= 4 is 38.6 Å². The summed E-state index contributed by atoms with van der Waals surface area (Å²) in [7, 11) is 0. The number of hydrogen-bond acceptors (Lipinski definition) is 1. The quantitative estimate of drug-likeness (QED) is 0.164. The van der Waals surface area contributed by atoms with Crippen molar-refractivity contribution in [3.8, 4) is 44.5 Å². The highest BCUT2D eigenvalue weighted by molar-refractivity contribution is 6.11. The van der Waals surface area contributed by atoms with E-state index in [2.05, 4.69) is 229 Å². The summed E-state index contributed by atoms with van der Waals surface area (Å²) in [5.74, 6) is 0. The fourth-order valence-electron chi connectivity index (χ4n) is 10.3. The summed E-state index contributed by atoms with van der Waals surface area (Å²) < 4.78 is 0. The Bertz CT molecular complexity index is 3210. The molecule has 0 saturated carbocycles. The van der Waals surface area contributed by atoms with Gasteiger partial charge in [-0.25, -0.2) is 0 Å². The fourth-order valence-corrected chi connectivity index (χ4v) is 10.3. The molecule has 12 rings (SSSR count). The number of anilines is 3. The molecule has 0 heterocycles. The van der Waals surface area contributed by atoms with Gasteiger partial charge in [-0.2, -0.15) is 0 Å². The van der Waals surface area contributed by atoms with Gasteiger partial charge in [0.05, 0.1) is 11.1 Å². The monoisotopic (exact) mass is 735 g/mol. The third-order valence-corrected chi connectivity index (χ3v) is 12.7. The van der Waals surface area contributed by atoms with E-state index in [0.717, 1.165) is 17.1 Å². The second-order valence-corrected chi connectivity index (χ2v) is 15.6. The van der Waals surface area contributed by atoms with Crippen LogP contribution in [0.2, 0.25) is 0 Å². The lowest BCUT2D eigenvalue weighted by atomic mass is 9.62. The predicted octanol–water partition coefficient (Wildman–Crippen LogP) is 15.1. The first-order chi connectivity index (χ1) is 28.8. The van der Waals surface area contributed by atoms with Crippen molar-refractivity contribution in [1.29, 1.82) is 0 Å². The number of benzene rings is 10. The summed E-state index contributed by atoms with van der Waals surface area (Å²) in [5, 5.41) is 5.15.